The second-order valence-corrected chi connectivity index (χ2v) is 5.76. The first-order chi connectivity index (χ1) is 9.70. The Kier molecular flexibility index (Phi) is 5.32. The van der Waals surface area contributed by atoms with Gasteiger partial charge in [-0.3, -0.25) is 9.69 Å². The molecule has 1 aromatic heterocycles. The predicted molar refractivity (Wildman–Crippen MR) is 85.1 cm³/mol. The second kappa shape index (κ2) is 7.22. The summed E-state index contributed by atoms with van der Waals surface area (Å²) in [4.78, 5) is 17.6. The van der Waals surface area contributed by atoms with E-state index in [-0.39, 0.29) is 5.91 Å². The van der Waals surface area contributed by atoms with Crippen LogP contribution in [-0.2, 0) is 11.3 Å². The molecule has 2 aromatic rings. The average molecular weight is 288 g/mol. The summed E-state index contributed by atoms with van der Waals surface area (Å²) in [7, 11) is 1.98. The molecule has 0 atom stereocenters. The van der Waals surface area contributed by atoms with Gasteiger partial charge in [-0.15, -0.1) is 11.3 Å². The van der Waals surface area contributed by atoms with Gasteiger partial charge >= 0.3 is 0 Å². The topological polar surface area (TPSA) is 23.6 Å². The summed E-state index contributed by atoms with van der Waals surface area (Å²) in [5.41, 5.74) is 0.963. The third kappa shape index (κ3) is 3.92. The van der Waals surface area contributed by atoms with Crippen LogP contribution in [0.1, 0.15) is 11.8 Å². The molecular weight excluding hydrogens is 268 g/mol. The Morgan fingerprint density at radius 3 is 2.50 bits per heavy atom. The lowest BCUT2D eigenvalue weighted by atomic mass is 10.2. The molecule has 2 rings (SSSR count). The summed E-state index contributed by atoms with van der Waals surface area (Å²) in [6.07, 6.45) is 0. The zero-order chi connectivity index (χ0) is 14.4. The summed E-state index contributed by atoms with van der Waals surface area (Å²) in [5, 5.41) is 2.06. The maximum absolute atomic E-state index is 12.4. The van der Waals surface area contributed by atoms with Gasteiger partial charge in [0, 0.05) is 23.7 Å². The van der Waals surface area contributed by atoms with Crippen molar-refractivity contribution in [2.24, 2.45) is 0 Å². The molecule has 0 unspecified atom stereocenters. The van der Waals surface area contributed by atoms with Crippen LogP contribution in [0, 0.1) is 0 Å². The van der Waals surface area contributed by atoms with Crippen LogP contribution in [0.15, 0.2) is 47.8 Å². The standard InChI is InChI=1S/C16H20N2OS/c1-3-18(14-8-5-4-6-9-14)16(19)13-17(2)12-15-10-7-11-20-15/h4-11H,3,12-13H2,1-2H3. The van der Waals surface area contributed by atoms with Crippen molar-refractivity contribution in [3.05, 3.63) is 52.7 Å². The van der Waals surface area contributed by atoms with Crippen LogP contribution in [0.3, 0.4) is 0 Å². The third-order valence-corrected chi connectivity index (χ3v) is 3.96. The van der Waals surface area contributed by atoms with E-state index >= 15 is 0 Å². The van der Waals surface area contributed by atoms with Gasteiger partial charge in [-0.25, -0.2) is 0 Å². The van der Waals surface area contributed by atoms with E-state index in [9.17, 15) is 4.79 Å². The minimum Gasteiger partial charge on any atom is -0.312 e. The van der Waals surface area contributed by atoms with Crippen LogP contribution in [-0.4, -0.2) is 30.9 Å². The molecule has 0 radical (unpaired) electrons. The molecule has 0 aliphatic carbocycles. The van der Waals surface area contributed by atoms with Gasteiger partial charge < -0.3 is 4.90 Å². The third-order valence-electron chi connectivity index (χ3n) is 3.10. The highest BCUT2D eigenvalue weighted by atomic mass is 32.1. The fourth-order valence-corrected chi connectivity index (χ4v) is 2.94. The zero-order valence-electron chi connectivity index (χ0n) is 12.0. The molecule has 0 aliphatic heterocycles. The normalized spacial score (nSPS) is 10.8. The Labute approximate surface area is 124 Å². The first-order valence-electron chi connectivity index (χ1n) is 6.77. The highest BCUT2D eigenvalue weighted by Gasteiger charge is 2.15. The van der Waals surface area contributed by atoms with Gasteiger partial charge in [0.2, 0.25) is 5.91 Å². The van der Waals surface area contributed by atoms with Crippen LogP contribution < -0.4 is 4.90 Å². The Morgan fingerprint density at radius 1 is 1.15 bits per heavy atom. The van der Waals surface area contributed by atoms with Crippen LogP contribution in [0.4, 0.5) is 5.69 Å². The largest absolute Gasteiger partial charge is 0.312 e. The van der Waals surface area contributed by atoms with E-state index in [1.165, 1.54) is 4.88 Å². The molecule has 0 spiro atoms. The first-order valence-corrected chi connectivity index (χ1v) is 7.65. The number of nitrogens with zero attached hydrogens (tertiary/aromatic N) is 2. The van der Waals surface area contributed by atoms with Gasteiger partial charge in [-0.05, 0) is 37.6 Å². The average Bonchev–Trinajstić information content (AvgIpc) is 2.93. The summed E-state index contributed by atoms with van der Waals surface area (Å²) >= 11 is 1.72. The SMILES string of the molecule is CCN(C(=O)CN(C)Cc1cccs1)c1ccccc1. The molecule has 0 fully saturated rings. The van der Waals surface area contributed by atoms with E-state index in [4.69, 9.17) is 0 Å². The first kappa shape index (κ1) is 14.8. The lowest BCUT2D eigenvalue weighted by Gasteiger charge is -2.24. The predicted octanol–water partition coefficient (Wildman–Crippen LogP) is 3.23. The molecule has 0 saturated carbocycles. The van der Waals surface area contributed by atoms with Crippen molar-refractivity contribution in [2.45, 2.75) is 13.5 Å². The maximum atomic E-state index is 12.4. The van der Waals surface area contributed by atoms with Gasteiger partial charge in [0.1, 0.15) is 0 Å². The quantitative estimate of drug-likeness (QED) is 0.815. The van der Waals surface area contributed by atoms with Crippen molar-refractivity contribution in [2.75, 3.05) is 25.0 Å². The number of carbonyl (C=O) groups excluding carboxylic acids is 1. The summed E-state index contributed by atoms with van der Waals surface area (Å²) in [6.45, 7) is 3.94. The molecule has 106 valence electrons. The molecule has 0 aliphatic rings. The summed E-state index contributed by atoms with van der Waals surface area (Å²) in [6, 6.07) is 14.0. The number of thiophene rings is 1. The van der Waals surface area contributed by atoms with Gasteiger partial charge in [0.25, 0.3) is 0 Å². The number of hydrogen-bond donors (Lipinski definition) is 0. The number of amides is 1. The molecule has 0 saturated heterocycles. The van der Waals surface area contributed by atoms with Gasteiger partial charge in [0.15, 0.2) is 0 Å². The van der Waals surface area contributed by atoms with Gasteiger partial charge in [-0.1, -0.05) is 24.3 Å². The fourth-order valence-electron chi connectivity index (χ4n) is 2.15. The summed E-state index contributed by atoms with van der Waals surface area (Å²) < 4.78 is 0. The van der Waals surface area contributed by atoms with Crippen LogP contribution in [0.25, 0.3) is 0 Å². The monoisotopic (exact) mass is 288 g/mol. The number of anilines is 1. The maximum Gasteiger partial charge on any atom is 0.241 e. The lowest BCUT2D eigenvalue weighted by Crippen LogP contribution is -2.38. The number of likely N-dealkylation sites (N-methyl/N-ethyl adjacent to an activating group) is 2. The van der Waals surface area contributed by atoms with Crippen molar-refractivity contribution in [3.8, 4) is 0 Å². The molecule has 1 heterocycles. The molecule has 1 aromatic carbocycles. The van der Waals surface area contributed by atoms with Crippen LogP contribution in [0.5, 0.6) is 0 Å². The molecular formula is C16H20N2OS. The minimum atomic E-state index is 0.137. The molecule has 1 amide bonds. The second-order valence-electron chi connectivity index (χ2n) is 4.73. The Hall–Kier alpha value is -1.65. The molecule has 0 N–H and O–H groups in total. The van der Waals surface area contributed by atoms with E-state index in [0.717, 1.165) is 12.2 Å². The highest BCUT2D eigenvalue weighted by molar-refractivity contribution is 7.09. The molecule has 4 heteroatoms. The smallest absolute Gasteiger partial charge is 0.241 e. The number of benzene rings is 1. The van der Waals surface area contributed by atoms with Crippen LogP contribution >= 0.6 is 11.3 Å². The van der Waals surface area contributed by atoms with Gasteiger partial charge in [-0.2, -0.15) is 0 Å². The van der Waals surface area contributed by atoms with E-state index in [1.54, 1.807) is 11.3 Å². The lowest BCUT2D eigenvalue weighted by molar-refractivity contribution is -0.119. The van der Waals surface area contributed by atoms with E-state index in [0.29, 0.717) is 13.1 Å². The molecule has 3 nitrogen and oxygen atoms in total. The van der Waals surface area contributed by atoms with Gasteiger partial charge in [0.05, 0.1) is 6.54 Å². The number of rotatable bonds is 6. The highest BCUT2D eigenvalue weighted by Crippen LogP contribution is 2.14. The Morgan fingerprint density at radius 2 is 1.90 bits per heavy atom. The zero-order valence-corrected chi connectivity index (χ0v) is 12.8. The van der Waals surface area contributed by atoms with Crippen molar-refractivity contribution in [1.82, 2.24) is 4.90 Å². The van der Waals surface area contributed by atoms with E-state index in [1.807, 2.05) is 55.3 Å². The van der Waals surface area contributed by atoms with Crippen molar-refractivity contribution < 1.29 is 4.79 Å². The molecule has 20 heavy (non-hydrogen) atoms. The van der Waals surface area contributed by atoms with Crippen molar-refractivity contribution in [3.63, 3.8) is 0 Å². The van der Waals surface area contributed by atoms with E-state index < -0.39 is 0 Å². The summed E-state index contributed by atoms with van der Waals surface area (Å²) in [5.74, 6) is 0.137. The van der Waals surface area contributed by atoms with Crippen LogP contribution in [0.2, 0.25) is 0 Å². The Bertz CT molecular complexity index is 525. The number of para-hydroxylation sites is 1. The van der Waals surface area contributed by atoms with E-state index in [2.05, 4.69) is 16.3 Å². The number of carbonyl (C=O) groups is 1. The van der Waals surface area contributed by atoms with Crippen molar-refractivity contribution in [1.29, 1.82) is 0 Å². The van der Waals surface area contributed by atoms with Crippen molar-refractivity contribution >= 4 is 22.9 Å². The Balaban J connectivity index is 1.95. The fraction of sp³-hybridized carbons (Fsp3) is 0.312. The number of hydrogen-bond acceptors (Lipinski definition) is 3. The minimum absolute atomic E-state index is 0.137. The molecule has 0 bridgehead atoms.